The Morgan fingerprint density at radius 3 is 2.42 bits per heavy atom. The van der Waals surface area contributed by atoms with Crippen LogP contribution in [0, 0.1) is 18.8 Å². The van der Waals surface area contributed by atoms with E-state index in [1.807, 2.05) is 30.9 Å². The summed E-state index contributed by atoms with van der Waals surface area (Å²) < 4.78 is 5.25. The monoisotopic (exact) mass is 432 g/mol. The van der Waals surface area contributed by atoms with E-state index >= 15 is 0 Å². The highest BCUT2D eigenvalue weighted by molar-refractivity contribution is 5.96. The molecule has 1 aromatic carbocycles. The average molecular weight is 433 g/mol. The molecule has 0 bridgehead atoms. The molecule has 2 rings (SSSR count). The number of hydrogen-bond donors (Lipinski definition) is 3. The van der Waals surface area contributed by atoms with Crippen LogP contribution in [0.2, 0.25) is 0 Å². The van der Waals surface area contributed by atoms with E-state index in [1.165, 1.54) is 0 Å². The van der Waals surface area contributed by atoms with Gasteiger partial charge >= 0.3 is 0 Å². The number of methoxy groups -OCH3 is 1. The fraction of sp³-hybridized carbons (Fsp3) is 0.609. The fourth-order valence-electron chi connectivity index (χ4n) is 3.41. The Morgan fingerprint density at radius 1 is 1.13 bits per heavy atom. The number of nitrogens with zero attached hydrogens (tertiary/aromatic N) is 1. The Bertz CT molecular complexity index is 773. The third kappa shape index (κ3) is 7.86. The van der Waals surface area contributed by atoms with Gasteiger partial charge in [-0.3, -0.25) is 19.3 Å². The first-order chi connectivity index (χ1) is 14.7. The largest absolute Gasteiger partial charge is 0.495 e. The van der Waals surface area contributed by atoms with E-state index in [9.17, 15) is 14.4 Å². The van der Waals surface area contributed by atoms with Crippen LogP contribution < -0.4 is 20.7 Å². The highest BCUT2D eigenvalue weighted by atomic mass is 16.5. The molecule has 0 radical (unpaired) electrons. The van der Waals surface area contributed by atoms with Gasteiger partial charge in [0.15, 0.2) is 0 Å². The summed E-state index contributed by atoms with van der Waals surface area (Å²) in [5.41, 5.74) is 1.57. The number of hydrogen-bond acceptors (Lipinski definition) is 5. The van der Waals surface area contributed by atoms with E-state index in [-0.39, 0.29) is 42.8 Å². The molecule has 1 unspecified atom stereocenters. The minimum Gasteiger partial charge on any atom is -0.495 e. The topological polar surface area (TPSA) is 99.8 Å². The van der Waals surface area contributed by atoms with Crippen molar-refractivity contribution in [1.82, 2.24) is 15.5 Å². The van der Waals surface area contributed by atoms with Gasteiger partial charge in [-0.25, -0.2) is 0 Å². The van der Waals surface area contributed by atoms with Crippen molar-refractivity contribution < 1.29 is 19.1 Å². The fourth-order valence-corrected chi connectivity index (χ4v) is 3.41. The molecule has 1 aromatic rings. The number of piperidine rings is 1. The zero-order valence-corrected chi connectivity index (χ0v) is 19.3. The third-order valence-corrected chi connectivity index (χ3v) is 5.77. The minimum atomic E-state index is -0.313. The van der Waals surface area contributed by atoms with Crippen molar-refractivity contribution in [2.45, 2.75) is 46.6 Å². The van der Waals surface area contributed by atoms with E-state index in [0.29, 0.717) is 30.4 Å². The molecule has 1 aliphatic heterocycles. The Kier molecular flexibility index (Phi) is 9.30. The molecule has 1 heterocycles. The van der Waals surface area contributed by atoms with Gasteiger partial charge in [0.05, 0.1) is 25.9 Å². The van der Waals surface area contributed by atoms with Crippen molar-refractivity contribution in [2.75, 3.05) is 38.6 Å². The first-order valence-electron chi connectivity index (χ1n) is 10.9. The van der Waals surface area contributed by atoms with Crippen LogP contribution in [0.1, 0.15) is 39.2 Å². The lowest BCUT2D eigenvalue weighted by molar-refractivity contribution is -0.128. The number of aryl methyl sites for hydroxylation is 1. The smallest absolute Gasteiger partial charge is 0.243 e. The summed E-state index contributed by atoms with van der Waals surface area (Å²) >= 11 is 0. The molecule has 0 aliphatic carbocycles. The van der Waals surface area contributed by atoms with Crippen molar-refractivity contribution in [2.24, 2.45) is 11.8 Å². The van der Waals surface area contributed by atoms with Crippen molar-refractivity contribution in [1.29, 1.82) is 0 Å². The SMILES string of the molecule is COc1ccc(C)cc1NC(=O)CNC(=O)CN1CCC(C(=O)NC(C)C(C)C)CC1. The maximum atomic E-state index is 12.4. The molecule has 3 N–H and O–H groups in total. The summed E-state index contributed by atoms with van der Waals surface area (Å²) in [7, 11) is 1.54. The Hall–Kier alpha value is -2.61. The predicted octanol–water partition coefficient (Wildman–Crippen LogP) is 1.93. The first-order valence-corrected chi connectivity index (χ1v) is 10.9. The molecule has 172 valence electrons. The van der Waals surface area contributed by atoms with Gasteiger partial charge in [-0.15, -0.1) is 0 Å². The first kappa shape index (κ1) is 24.7. The number of likely N-dealkylation sites (tertiary alicyclic amines) is 1. The summed E-state index contributed by atoms with van der Waals surface area (Å²) in [5, 5.41) is 8.51. The number of ether oxygens (including phenoxy) is 1. The van der Waals surface area contributed by atoms with Crippen LogP contribution in [0.3, 0.4) is 0 Å². The summed E-state index contributed by atoms with van der Waals surface area (Å²) in [4.78, 5) is 38.8. The molecule has 0 spiro atoms. The van der Waals surface area contributed by atoms with Crippen molar-refractivity contribution in [3.8, 4) is 5.75 Å². The van der Waals surface area contributed by atoms with Crippen molar-refractivity contribution in [3.05, 3.63) is 23.8 Å². The summed E-state index contributed by atoms with van der Waals surface area (Å²) in [6, 6.07) is 5.66. The zero-order valence-electron chi connectivity index (χ0n) is 19.3. The van der Waals surface area contributed by atoms with E-state index < -0.39 is 0 Å². The van der Waals surface area contributed by atoms with Gasteiger partial charge < -0.3 is 20.7 Å². The molecule has 31 heavy (non-hydrogen) atoms. The van der Waals surface area contributed by atoms with Crippen LogP contribution >= 0.6 is 0 Å². The second-order valence-electron chi connectivity index (χ2n) is 8.62. The molecule has 0 aromatic heterocycles. The lowest BCUT2D eigenvalue weighted by Crippen LogP contribution is -2.47. The van der Waals surface area contributed by atoms with Crippen molar-refractivity contribution >= 4 is 23.4 Å². The molecule has 1 saturated heterocycles. The average Bonchev–Trinajstić information content (AvgIpc) is 2.73. The van der Waals surface area contributed by atoms with Crippen LogP contribution in [0.25, 0.3) is 0 Å². The molecule has 0 saturated carbocycles. The molecule has 3 amide bonds. The zero-order chi connectivity index (χ0) is 23.0. The van der Waals surface area contributed by atoms with E-state index in [4.69, 9.17) is 4.74 Å². The van der Waals surface area contributed by atoms with Crippen molar-refractivity contribution in [3.63, 3.8) is 0 Å². The standard InChI is InChI=1S/C23H36N4O4/c1-15(2)17(4)25-23(30)18-8-10-27(11-9-18)14-22(29)24-13-21(28)26-19-12-16(3)6-7-20(19)31-5/h6-7,12,15,17-18H,8-11,13-14H2,1-5H3,(H,24,29)(H,25,30)(H,26,28). The van der Waals surface area contributed by atoms with Gasteiger partial charge in [0.1, 0.15) is 5.75 Å². The van der Waals surface area contributed by atoms with E-state index in [0.717, 1.165) is 18.4 Å². The molecule has 8 heteroatoms. The van der Waals surface area contributed by atoms with Crippen LogP contribution in [-0.2, 0) is 14.4 Å². The summed E-state index contributed by atoms with van der Waals surface area (Å²) in [5.74, 6) is 0.552. The number of carbonyl (C=O) groups is 3. The van der Waals surface area contributed by atoms with Crippen LogP contribution in [0.5, 0.6) is 5.75 Å². The number of anilines is 1. The Balaban J connectivity index is 1.71. The predicted molar refractivity (Wildman–Crippen MR) is 121 cm³/mol. The highest BCUT2D eigenvalue weighted by Crippen LogP contribution is 2.25. The van der Waals surface area contributed by atoms with Gasteiger partial charge in [0, 0.05) is 12.0 Å². The quantitative estimate of drug-likeness (QED) is 0.554. The lowest BCUT2D eigenvalue weighted by atomic mass is 9.95. The number of rotatable bonds is 9. The van der Waals surface area contributed by atoms with E-state index in [2.05, 4.69) is 29.8 Å². The number of amides is 3. The molecular formula is C23H36N4O4. The van der Waals surface area contributed by atoms with Gasteiger partial charge in [-0.1, -0.05) is 19.9 Å². The second-order valence-corrected chi connectivity index (χ2v) is 8.62. The summed E-state index contributed by atoms with van der Waals surface area (Å²) in [6.45, 7) is 9.61. The number of benzene rings is 1. The van der Waals surface area contributed by atoms with Gasteiger partial charge in [0.25, 0.3) is 0 Å². The molecule has 1 aliphatic rings. The third-order valence-electron chi connectivity index (χ3n) is 5.77. The van der Waals surface area contributed by atoms with Gasteiger partial charge in [-0.05, 0) is 63.4 Å². The number of carbonyl (C=O) groups excluding carboxylic acids is 3. The van der Waals surface area contributed by atoms with Crippen LogP contribution in [0.4, 0.5) is 5.69 Å². The van der Waals surface area contributed by atoms with E-state index in [1.54, 1.807) is 13.2 Å². The minimum absolute atomic E-state index is 0.00408. The second kappa shape index (κ2) is 11.7. The normalized spacial score (nSPS) is 15.9. The van der Waals surface area contributed by atoms with Gasteiger partial charge in [0.2, 0.25) is 17.7 Å². The Morgan fingerprint density at radius 2 is 1.81 bits per heavy atom. The molecule has 1 fully saturated rings. The van der Waals surface area contributed by atoms with Gasteiger partial charge in [-0.2, -0.15) is 0 Å². The summed E-state index contributed by atoms with van der Waals surface area (Å²) in [6.07, 6.45) is 1.47. The lowest BCUT2D eigenvalue weighted by Gasteiger charge is -2.31. The Labute approximate surface area is 185 Å². The van der Waals surface area contributed by atoms with Crippen LogP contribution in [-0.4, -0.2) is 62.0 Å². The highest BCUT2D eigenvalue weighted by Gasteiger charge is 2.27. The number of nitrogens with one attached hydrogen (secondary N) is 3. The molecular weight excluding hydrogens is 396 g/mol. The maximum absolute atomic E-state index is 12.4. The maximum Gasteiger partial charge on any atom is 0.243 e. The van der Waals surface area contributed by atoms with Crippen LogP contribution in [0.15, 0.2) is 18.2 Å². The molecule has 1 atom stereocenters. The molecule has 8 nitrogen and oxygen atoms in total.